The summed E-state index contributed by atoms with van der Waals surface area (Å²) >= 11 is 0.0287. The minimum Gasteiger partial charge on any atom is -0.743 e. The second-order valence-corrected chi connectivity index (χ2v) is 9.75. The molecule has 0 aromatic heterocycles. The minimum atomic E-state index is -7.43. The zero-order valence-corrected chi connectivity index (χ0v) is 17.2. The van der Waals surface area contributed by atoms with Crippen LogP contribution in [-0.2, 0) is 10.1 Å². The van der Waals surface area contributed by atoms with Gasteiger partial charge in [0.05, 0.1) is 0 Å². The lowest BCUT2D eigenvalue weighted by Gasteiger charge is -2.34. The van der Waals surface area contributed by atoms with Gasteiger partial charge in [-0.3, -0.25) is 0 Å². The van der Waals surface area contributed by atoms with Gasteiger partial charge >= 0.3 is 44.5 Å². The van der Waals surface area contributed by atoms with Gasteiger partial charge in [0.1, 0.15) is 0 Å². The topological polar surface area (TPSA) is 57.2 Å². The number of hydrogen-bond donors (Lipinski definition) is 0. The van der Waals surface area contributed by atoms with Crippen molar-refractivity contribution in [1.29, 1.82) is 0 Å². The molecule has 0 aliphatic carbocycles. The predicted octanol–water partition coefficient (Wildman–Crippen LogP) is 1.77. The highest BCUT2D eigenvalue weighted by atomic mass is 127. The maximum atomic E-state index is 12.2. The van der Waals surface area contributed by atoms with Gasteiger partial charge in [-0.25, -0.2) is 8.42 Å². The molecule has 14 heteroatoms. The van der Waals surface area contributed by atoms with Gasteiger partial charge in [-0.2, -0.15) is 39.5 Å². The van der Waals surface area contributed by atoms with Crippen molar-refractivity contribution in [3.8, 4) is 0 Å². The summed E-state index contributed by atoms with van der Waals surface area (Å²) in [5.74, 6) is -14.8. The van der Waals surface area contributed by atoms with Crippen LogP contribution >= 0.6 is 0 Å². The van der Waals surface area contributed by atoms with Crippen LogP contribution in [0.2, 0.25) is 0 Å². The van der Waals surface area contributed by atoms with Crippen LogP contribution in [0.3, 0.4) is 0 Å². The first-order valence-electron chi connectivity index (χ1n) is 7.35. The molecule has 0 N–H and O–H groups in total. The summed E-state index contributed by atoms with van der Waals surface area (Å²) in [4.78, 5) is 0. The van der Waals surface area contributed by atoms with E-state index in [2.05, 4.69) is 60.7 Å². The third-order valence-corrected chi connectivity index (χ3v) is 6.68. The maximum absolute atomic E-state index is 12.2. The van der Waals surface area contributed by atoms with E-state index in [0.29, 0.717) is 0 Å². The van der Waals surface area contributed by atoms with Crippen LogP contribution in [-0.4, -0.2) is 36.2 Å². The monoisotopic (exact) mass is 580 g/mol. The molecule has 0 aliphatic rings. The van der Waals surface area contributed by atoms with Crippen LogP contribution in [0.25, 0.3) is 0 Å². The quantitative estimate of drug-likeness (QED) is 0.308. The Bertz CT molecular complexity index is 880. The zero-order chi connectivity index (χ0) is 23.4. The van der Waals surface area contributed by atoms with E-state index >= 15 is 0 Å². The molecule has 0 saturated carbocycles. The molecule has 168 valence electrons. The summed E-state index contributed by atoms with van der Waals surface area (Å²) in [5.41, 5.74) is 0. The summed E-state index contributed by atoms with van der Waals surface area (Å²) in [6.45, 7) is 0. The number of hydrogen-bond acceptors (Lipinski definition) is 3. The largest absolute Gasteiger partial charge is 0.743 e. The van der Waals surface area contributed by atoms with E-state index in [0.717, 1.165) is 0 Å². The summed E-state index contributed by atoms with van der Waals surface area (Å²) < 4.78 is 138. The van der Waals surface area contributed by atoms with Gasteiger partial charge < -0.3 is 4.55 Å². The van der Waals surface area contributed by atoms with Crippen LogP contribution in [0, 0.1) is 7.14 Å². The van der Waals surface area contributed by atoms with Gasteiger partial charge in [-0.05, 0) is 24.3 Å². The van der Waals surface area contributed by atoms with E-state index < -0.39 is 33.4 Å². The van der Waals surface area contributed by atoms with Gasteiger partial charge in [-0.15, -0.1) is 0 Å². The fourth-order valence-corrected chi connectivity index (χ4v) is 4.31. The van der Waals surface area contributed by atoms with Gasteiger partial charge in [-0.1, -0.05) is 36.4 Å². The average Bonchev–Trinajstić information content (AvgIpc) is 2.62. The molecule has 0 spiro atoms. The van der Waals surface area contributed by atoms with Crippen molar-refractivity contribution in [2.24, 2.45) is 0 Å². The number of halogens is 10. The third-order valence-electron chi connectivity index (χ3n) is 3.11. The summed E-state index contributed by atoms with van der Waals surface area (Å²) in [7, 11) is -7.42. The zero-order valence-electron chi connectivity index (χ0n) is 14.2. The molecule has 0 saturated heterocycles. The normalized spacial score (nSPS) is 13.4. The Kier molecular flexibility index (Phi) is 8.21. The molecule has 0 unspecified atom stereocenters. The smallest absolute Gasteiger partial charge is 0.460 e. The van der Waals surface area contributed by atoms with Gasteiger partial charge in [0.15, 0.2) is 17.3 Å². The van der Waals surface area contributed by atoms with Crippen LogP contribution < -0.4 is 21.2 Å². The first kappa shape index (κ1) is 26.5. The van der Waals surface area contributed by atoms with Crippen molar-refractivity contribution >= 4 is 10.1 Å². The molecule has 0 atom stereocenters. The van der Waals surface area contributed by atoms with E-state index in [-0.39, 0.29) is 21.2 Å². The molecule has 0 radical (unpaired) electrons. The minimum absolute atomic E-state index is 0.0287. The third kappa shape index (κ3) is 5.78. The number of alkyl halides is 9. The molecule has 0 bridgehead atoms. The Hall–Kier alpha value is -1.55. The Morgan fingerprint density at radius 3 is 1.23 bits per heavy atom. The molecule has 0 heterocycles. The maximum Gasteiger partial charge on any atom is 0.460 e. The Labute approximate surface area is 174 Å². The first-order chi connectivity index (χ1) is 13.4. The van der Waals surface area contributed by atoms with Crippen molar-refractivity contribution in [2.45, 2.75) is 23.3 Å². The molecule has 3 nitrogen and oxygen atoms in total. The van der Waals surface area contributed by atoms with Crippen molar-refractivity contribution in [2.75, 3.05) is 0 Å². The molecule has 30 heavy (non-hydrogen) atoms. The number of rotatable bonds is 5. The Balaban J connectivity index is 0.000000308. The lowest BCUT2D eigenvalue weighted by Crippen LogP contribution is -3.61. The summed E-state index contributed by atoms with van der Waals surface area (Å²) in [5, 5.41) is -7.11. The molecule has 2 aromatic carbocycles. The molecule has 0 amide bonds. The van der Waals surface area contributed by atoms with Crippen LogP contribution in [0.4, 0.5) is 39.5 Å². The highest BCUT2D eigenvalue weighted by Crippen LogP contribution is 2.54. The van der Waals surface area contributed by atoms with Gasteiger partial charge in [0.25, 0.3) is 0 Å². The van der Waals surface area contributed by atoms with Crippen LogP contribution in [0.5, 0.6) is 0 Å². The summed E-state index contributed by atoms with van der Waals surface area (Å²) in [6.07, 6.45) is -7.16. The Morgan fingerprint density at radius 2 is 0.967 bits per heavy atom. The average molecular weight is 580 g/mol. The predicted molar refractivity (Wildman–Crippen MR) is 80.9 cm³/mol. The van der Waals surface area contributed by atoms with Gasteiger partial charge in [0, 0.05) is 0 Å². The molecule has 0 aliphatic heterocycles. The van der Waals surface area contributed by atoms with E-state index in [1.54, 1.807) is 0 Å². The lowest BCUT2D eigenvalue weighted by atomic mass is 10.1. The van der Waals surface area contributed by atoms with Crippen LogP contribution in [0.1, 0.15) is 0 Å². The molecule has 2 rings (SSSR count). The van der Waals surface area contributed by atoms with Crippen LogP contribution in [0.15, 0.2) is 60.7 Å². The van der Waals surface area contributed by atoms with Crippen molar-refractivity contribution in [1.82, 2.24) is 0 Å². The highest BCUT2D eigenvalue weighted by molar-refractivity contribution is 7.86. The first-order valence-corrected chi connectivity index (χ1v) is 10.9. The molecular formula is C16H10F9IO3S. The van der Waals surface area contributed by atoms with Crippen molar-refractivity contribution in [3.63, 3.8) is 0 Å². The molecule has 2 aromatic rings. The number of benzene rings is 2. The fraction of sp³-hybridized carbons (Fsp3) is 0.250. The van der Waals surface area contributed by atoms with E-state index in [9.17, 15) is 52.5 Å². The van der Waals surface area contributed by atoms with E-state index in [4.69, 9.17) is 0 Å². The second-order valence-electron chi connectivity index (χ2n) is 5.30. The second kappa shape index (κ2) is 9.30. The SMILES string of the molecule is O=S(=O)([O-])C(F)(F)C(F)(F)C(F)(F)C(F)(F)F.c1ccc([I+]c2ccccc2)cc1. The standard InChI is InChI=1S/C12H10I.C4HF9O3S/c1-3-7-11(8-4-1)13-12-9-5-2-6-10-12;5-1(6,3(9,10)11)2(7,8)4(12,13)17(14,15)16/h1-10H;(H,14,15,16)/q+1;/p-1. The highest BCUT2D eigenvalue weighted by Gasteiger charge is 2.83. The summed E-state index contributed by atoms with van der Waals surface area (Å²) in [6, 6.07) is 21.4. The van der Waals surface area contributed by atoms with Crippen molar-refractivity contribution in [3.05, 3.63) is 67.8 Å². The van der Waals surface area contributed by atoms with E-state index in [1.807, 2.05) is 0 Å². The van der Waals surface area contributed by atoms with Crippen molar-refractivity contribution < 1.29 is 73.7 Å². The van der Waals surface area contributed by atoms with E-state index in [1.165, 1.54) is 7.14 Å². The fourth-order valence-electron chi connectivity index (χ4n) is 1.60. The lowest BCUT2D eigenvalue weighted by molar-refractivity contribution is -0.597. The van der Waals surface area contributed by atoms with Gasteiger partial charge in [0.2, 0.25) is 0 Å². The Morgan fingerprint density at radius 1 is 0.633 bits per heavy atom. The molecular weight excluding hydrogens is 570 g/mol. The molecule has 0 fully saturated rings.